The number of thiophene rings is 1. The molecule has 0 bridgehead atoms. The summed E-state index contributed by atoms with van der Waals surface area (Å²) in [4.78, 5) is 11.6. The Morgan fingerprint density at radius 2 is 1.94 bits per heavy atom. The van der Waals surface area contributed by atoms with Crippen LogP contribution in [0.3, 0.4) is 0 Å². The number of hydrogen-bond acceptors (Lipinski definition) is 4. The number of aryl methyl sites for hydroxylation is 4. The van der Waals surface area contributed by atoms with Crippen molar-refractivity contribution >= 4 is 17.2 Å². The van der Waals surface area contributed by atoms with Crippen molar-refractivity contribution in [2.45, 2.75) is 40.7 Å². The maximum absolute atomic E-state index is 4.50. The van der Waals surface area contributed by atoms with E-state index >= 15 is 0 Å². The Bertz CT molecular complexity index is 560. The molecule has 0 aliphatic carbocycles. The van der Waals surface area contributed by atoms with Gasteiger partial charge in [-0.1, -0.05) is 0 Å². The second kappa shape index (κ2) is 5.06. The zero-order chi connectivity index (χ0) is 13.3. The maximum atomic E-state index is 4.50. The van der Waals surface area contributed by atoms with Crippen LogP contribution in [0.25, 0.3) is 0 Å². The van der Waals surface area contributed by atoms with Crippen LogP contribution in [0.2, 0.25) is 0 Å². The Morgan fingerprint density at radius 3 is 2.56 bits per heavy atom. The molecule has 96 valence electrons. The molecule has 0 spiro atoms. The highest BCUT2D eigenvalue weighted by molar-refractivity contribution is 7.12. The summed E-state index contributed by atoms with van der Waals surface area (Å²) in [5.41, 5.74) is 3.23. The van der Waals surface area contributed by atoms with Gasteiger partial charge in [0.25, 0.3) is 0 Å². The SMILES string of the molecule is Cc1cnc(C)c(NC(C)c2cc(C)sc2C)n1. The monoisotopic (exact) mass is 261 g/mol. The molecular weight excluding hydrogens is 242 g/mol. The first-order chi connectivity index (χ1) is 8.47. The van der Waals surface area contributed by atoms with Crippen molar-refractivity contribution < 1.29 is 0 Å². The van der Waals surface area contributed by atoms with Crippen molar-refractivity contribution in [2.75, 3.05) is 5.32 Å². The molecule has 0 radical (unpaired) electrons. The summed E-state index contributed by atoms with van der Waals surface area (Å²) >= 11 is 1.84. The van der Waals surface area contributed by atoms with Gasteiger partial charge in [-0.15, -0.1) is 11.3 Å². The summed E-state index contributed by atoms with van der Waals surface area (Å²) in [6, 6.07) is 2.50. The summed E-state index contributed by atoms with van der Waals surface area (Å²) in [6.07, 6.45) is 1.80. The predicted molar refractivity (Wildman–Crippen MR) is 77.3 cm³/mol. The first-order valence-corrected chi connectivity index (χ1v) is 6.92. The first kappa shape index (κ1) is 13.0. The predicted octanol–water partition coefficient (Wildman–Crippen LogP) is 3.94. The normalized spacial score (nSPS) is 12.5. The summed E-state index contributed by atoms with van der Waals surface area (Å²) in [7, 11) is 0. The molecule has 0 saturated heterocycles. The molecular formula is C14H19N3S. The molecule has 0 aromatic carbocycles. The zero-order valence-corrected chi connectivity index (χ0v) is 12.4. The van der Waals surface area contributed by atoms with Gasteiger partial charge < -0.3 is 5.32 Å². The van der Waals surface area contributed by atoms with E-state index in [0.29, 0.717) is 0 Å². The van der Waals surface area contributed by atoms with Crippen LogP contribution in [0, 0.1) is 27.7 Å². The fourth-order valence-corrected chi connectivity index (χ4v) is 3.06. The van der Waals surface area contributed by atoms with E-state index in [1.807, 2.05) is 25.2 Å². The van der Waals surface area contributed by atoms with Crippen molar-refractivity contribution in [3.05, 3.63) is 39.0 Å². The van der Waals surface area contributed by atoms with E-state index in [9.17, 15) is 0 Å². The molecule has 0 amide bonds. The van der Waals surface area contributed by atoms with Crippen LogP contribution in [0.5, 0.6) is 0 Å². The van der Waals surface area contributed by atoms with Crippen LogP contribution in [-0.4, -0.2) is 9.97 Å². The Morgan fingerprint density at radius 1 is 1.22 bits per heavy atom. The van der Waals surface area contributed by atoms with Crippen LogP contribution in [0.1, 0.15) is 39.7 Å². The topological polar surface area (TPSA) is 37.8 Å². The minimum atomic E-state index is 0.254. The molecule has 2 rings (SSSR count). The van der Waals surface area contributed by atoms with Gasteiger partial charge in [-0.3, -0.25) is 4.98 Å². The van der Waals surface area contributed by atoms with Gasteiger partial charge in [0.2, 0.25) is 0 Å². The highest BCUT2D eigenvalue weighted by Gasteiger charge is 2.13. The van der Waals surface area contributed by atoms with Gasteiger partial charge in [-0.2, -0.15) is 0 Å². The number of rotatable bonds is 3. The molecule has 18 heavy (non-hydrogen) atoms. The zero-order valence-electron chi connectivity index (χ0n) is 11.5. The van der Waals surface area contributed by atoms with Crippen molar-refractivity contribution in [2.24, 2.45) is 0 Å². The second-order valence-corrected chi connectivity index (χ2v) is 6.14. The second-order valence-electron chi connectivity index (χ2n) is 4.68. The first-order valence-electron chi connectivity index (χ1n) is 6.11. The number of anilines is 1. The largest absolute Gasteiger partial charge is 0.362 e. The maximum Gasteiger partial charge on any atom is 0.148 e. The smallest absolute Gasteiger partial charge is 0.148 e. The van der Waals surface area contributed by atoms with Gasteiger partial charge >= 0.3 is 0 Å². The summed E-state index contributed by atoms with van der Waals surface area (Å²) < 4.78 is 0. The average Bonchev–Trinajstić information content (AvgIpc) is 2.63. The van der Waals surface area contributed by atoms with Gasteiger partial charge in [0.05, 0.1) is 17.4 Å². The van der Waals surface area contributed by atoms with E-state index in [2.05, 4.69) is 42.1 Å². The molecule has 2 heterocycles. The molecule has 0 aliphatic heterocycles. The lowest BCUT2D eigenvalue weighted by Gasteiger charge is -2.16. The molecule has 1 atom stereocenters. The molecule has 4 heteroatoms. The number of hydrogen-bond donors (Lipinski definition) is 1. The van der Waals surface area contributed by atoms with Gasteiger partial charge in [-0.25, -0.2) is 4.98 Å². The van der Waals surface area contributed by atoms with E-state index in [1.54, 1.807) is 6.20 Å². The highest BCUT2D eigenvalue weighted by atomic mass is 32.1. The molecule has 1 unspecified atom stereocenters. The van der Waals surface area contributed by atoms with Crippen molar-refractivity contribution in [1.82, 2.24) is 9.97 Å². The molecule has 0 aliphatic rings. The van der Waals surface area contributed by atoms with E-state index < -0.39 is 0 Å². The van der Waals surface area contributed by atoms with Crippen LogP contribution in [0.4, 0.5) is 5.82 Å². The van der Waals surface area contributed by atoms with E-state index in [-0.39, 0.29) is 6.04 Å². The van der Waals surface area contributed by atoms with Crippen molar-refractivity contribution in [3.63, 3.8) is 0 Å². The van der Waals surface area contributed by atoms with E-state index in [4.69, 9.17) is 0 Å². The third kappa shape index (κ3) is 2.70. The number of aromatic nitrogens is 2. The minimum Gasteiger partial charge on any atom is -0.362 e. The Kier molecular flexibility index (Phi) is 3.66. The molecule has 2 aromatic rings. The fraction of sp³-hybridized carbons (Fsp3) is 0.429. The van der Waals surface area contributed by atoms with Crippen molar-refractivity contribution in [1.29, 1.82) is 0 Å². The molecule has 2 aromatic heterocycles. The highest BCUT2D eigenvalue weighted by Crippen LogP contribution is 2.28. The van der Waals surface area contributed by atoms with Gasteiger partial charge in [0, 0.05) is 16.0 Å². The third-order valence-electron chi connectivity index (χ3n) is 2.97. The van der Waals surface area contributed by atoms with Gasteiger partial charge in [-0.05, 0) is 46.2 Å². The van der Waals surface area contributed by atoms with Gasteiger partial charge in [0.15, 0.2) is 0 Å². The average molecular weight is 261 g/mol. The minimum absolute atomic E-state index is 0.254. The van der Waals surface area contributed by atoms with Gasteiger partial charge in [0.1, 0.15) is 5.82 Å². The quantitative estimate of drug-likeness (QED) is 0.909. The van der Waals surface area contributed by atoms with Crippen LogP contribution >= 0.6 is 11.3 Å². The van der Waals surface area contributed by atoms with Crippen LogP contribution in [-0.2, 0) is 0 Å². The summed E-state index contributed by atoms with van der Waals surface area (Å²) in [5, 5.41) is 3.45. The van der Waals surface area contributed by atoms with Crippen LogP contribution in [0.15, 0.2) is 12.3 Å². The lowest BCUT2D eigenvalue weighted by molar-refractivity contribution is 0.859. The molecule has 0 saturated carbocycles. The standard InChI is InChI=1S/C14H19N3S/c1-8-7-15-11(4)14(16-8)17-10(3)13-6-9(2)18-12(13)5/h6-7,10H,1-5H3,(H,16,17). The molecule has 0 fully saturated rings. The van der Waals surface area contributed by atoms with E-state index in [1.165, 1.54) is 15.3 Å². The Labute approximate surface area is 112 Å². The fourth-order valence-electron chi connectivity index (χ4n) is 2.04. The Balaban J connectivity index is 2.23. The number of nitrogens with one attached hydrogen (secondary N) is 1. The summed E-state index contributed by atoms with van der Waals surface area (Å²) in [5.74, 6) is 0.880. The molecule has 1 N–H and O–H groups in total. The number of nitrogens with zero attached hydrogens (tertiary/aromatic N) is 2. The lowest BCUT2D eigenvalue weighted by atomic mass is 10.1. The van der Waals surface area contributed by atoms with E-state index in [0.717, 1.165) is 17.2 Å². The lowest BCUT2D eigenvalue weighted by Crippen LogP contribution is -2.10. The van der Waals surface area contributed by atoms with Crippen LogP contribution < -0.4 is 5.32 Å². The molecule has 3 nitrogen and oxygen atoms in total. The third-order valence-corrected chi connectivity index (χ3v) is 3.96. The Hall–Kier alpha value is -1.42. The summed E-state index contributed by atoms with van der Waals surface area (Å²) in [6.45, 7) is 10.4. The van der Waals surface area contributed by atoms with Crippen molar-refractivity contribution in [3.8, 4) is 0 Å².